The molecule has 1 aromatic carbocycles. The standard InChI is InChI=1S/C18H26N2O/c1-13(2)12-20-17(14-8-4-3-5-9-14)19-16-11-7-6-10-15(16)18(20)21/h6-7,10-11,13-14,17,19H,3-5,8-9,12H2,1-2H3. The van der Waals surface area contributed by atoms with Gasteiger partial charge < -0.3 is 10.2 Å². The van der Waals surface area contributed by atoms with Crippen LogP contribution in [0.15, 0.2) is 24.3 Å². The summed E-state index contributed by atoms with van der Waals surface area (Å²) in [7, 11) is 0. The molecular formula is C18H26N2O. The van der Waals surface area contributed by atoms with Gasteiger partial charge in [0, 0.05) is 12.2 Å². The van der Waals surface area contributed by atoms with Crippen molar-refractivity contribution >= 4 is 11.6 Å². The van der Waals surface area contributed by atoms with Crippen molar-refractivity contribution in [2.45, 2.75) is 52.1 Å². The SMILES string of the molecule is CC(C)CN1C(=O)c2ccccc2NC1C1CCCCC1. The zero-order chi connectivity index (χ0) is 14.8. The molecule has 0 saturated heterocycles. The third kappa shape index (κ3) is 2.92. The van der Waals surface area contributed by atoms with E-state index in [1.54, 1.807) is 0 Å². The first-order valence-electron chi connectivity index (χ1n) is 8.33. The monoisotopic (exact) mass is 286 g/mol. The Balaban J connectivity index is 1.90. The molecule has 1 aliphatic heterocycles. The molecule has 0 spiro atoms. The lowest BCUT2D eigenvalue weighted by Gasteiger charge is -2.44. The Morgan fingerprint density at radius 1 is 1.19 bits per heavy atom. The highest BCUT2D eigenvalue weighted by Crippen LogP contribution is 2.34. The second-order valence-electron chi connectivity index (χ2n) is 6.88. The highest BCUT2D eigenvalue weighted by molar-refractivity contribution is 6.01. The van der Waals surface area contributed by atoms with Gasteiger partial charge in [-0.3, -0.25) is 4.79 Å². The molecule has 114 valence electrons. The van der Waals surface area contributed by atoms with Crippen LogP contribution in [0.2, 0.25) is 0 Å². The fraction of sp³-hybridized carbons (Fsp3) is 0.611. The van der Waals surface area contributed by atoms with Gasteiger partial charge in [-0.1, -0.05) is 45.2 Å². The largest absolute Gasteiger partial charge is 0.364 e. The van der Waals surface area contributed by atoms with Gasteiger partial charge in [-0.2, -0.15) is 0 Å². The van der Waals surface area contributed by atoms with Gasteiger partial charge in [-0.05, 0) is 36.8 Å². The number of rotatable bonds is 3. The second-order valence-corrected chi connectivity index (χ2v) is 6.88. The molecule has 0 radical (unpaired) electrons. The Kier molecular flexibility index (Phi) is 4.18. The molecule has 0 aromatic heterocycles. The highest BCUT2D eigenvalue weighted by atomic mass is 16.2. The molecule has 3 rings (SSSR count). The summed E-state index contributed by atoms with van der Waals surface area (Å²) in [5, 5.41) is 3.66. The van der Waals surface area contributed by atoms with E-state index in [2.05, 4.69) is 24.1 Å². The molecule has 1 amide bonds. The zero-order valence-corrected chi connectivity index (χ0v) is 13.1. The maximum atomic E-state index is 12.9. The zero-order valence-electron chi connectivity index (χ0n) is 13.1. The third-order valence-corrected chi connectivity index (χ3v) is 4.72. The van der Waals surface area contributed by atoms with Gasteiger partial charge in [0.15, 0.2) is 0 Å². The van der Waals surface area contributed by atoms with Crippen LogP contribution in [0.3, 0.4) is 0 Å². The molecule has 3 nitrogen and oxygen atoms in total. The van der Waals surface area contributed by atoms with Gasteiger partial charge in [0.2, 0.25) is 0 Å². The number of fused-ring (bicyclic) bond motifs is 1. The second kappa shape index (κ2) is 6.08. The van der Waals surface area contributed by atoms with Crippen LogP contribution in [0.5, 0.6) is 0 Å². The number of benzene rings is 1. The van der Waals surface area contributed by atoms with E-state index in [1.165, 1.54) is 32.1 Å². The summed E-state index contributed by atoms with van der Waals surface area (Å²) < 4.78 is 0. The lowest BCUT2D eigenvalue weighted by atomic mass is 9.85. The number of nitrogens with zero attached hydrogens (tertiary/aromatic N) is 1. The summed E-state index contributed by atoms with van der Waals surface area (Å²) in [6.45, 7) is 5.21. The third-order valence-electron chi connectivity index (χ3n) is 4.72. The van der Waals surface area contributed by atoms with Gasteiger partial charge in [-0.25, -0.2) is 0 Å². The van der Waals surface area contributed by atoms with Crippen LogP contribution in [-0.2, 0) is 0 Å². The van der Waals surface area contributed by atoms with E-state index in [0.717, 1.165) is 17.8 Å². The lowest BCUT2D eigenvalue weighted by molar-refractivity contribution is 0.0559. The van der Waals surface area contributed by atoms with Crippen LogP contribution < -0.4 is 5.32 Å². The number of nitrogens with one attached hydrogen (secondary N) is 1. The molecule has 1 heterocycles. The maximum absolute atomic E-state index is 12.9. The van der Waals surface area contributed by atoms with Crippen molar-refractivity contribution in [3.05, 3.63) is 29.8 Å². The van der Waals surface area contributed by atoms with Gasteiger partial charge in [-0.15, -0.1) is 0 Å². The van der Waals surface area contributed by atoms with Crippen molar-refractivity contribution in [2.75, 3.05) is 11.9 Å². The number of carbonyl (C=O) groups excluding carboxylic acids is 1. The predicted molar refractivity (Wildman–Crippen MR) is 86.3 cm³/mol. The highest BCUT2D eigenvalue weighted by Gasteiger charge is 2.36. The number of hydrogen-bond acceptors (Lipinski definition) is 2. The summed E-state index contributed by atoms with van der Waals surface area (Å²) in [6.07, 6.45) is 6.60. The quantitative estimate of drug-likeness (QED) is 0.906. The first kappa shape index (κ1) is 14.4. The van der Waals surface area contributed by atoms with Crippen LogP contribution in [0.1, 0.15) is 56.3 Å². The molecule has 1 aliphatic carbocycles. The van der Waals surface area contributed by atoms with E-state index in [4.69, 9.17) is 0 Å². The average Bonchev–Trinajstić information content (AvgIpc) is 2.50. The summed E-state index contributed by atoms with van der Waals surface area (Å²) in [6, 6.07) is 7.94. The molecule has 0 bridgehead atoms. The van der Waals surface area contributed by atoms with Crippen LogP contribution in [0.4, 0.5) is 5.69 Å². The molecule has 1 unspecified atom stereocenters. The number of anilines is 1. The molecule has 1 fully saturated rings. The predicted octanol–water partition coefficient (Wildman–Crippen LogP) is 4.12. The molecule has 3 heteroatoms. The van der Waals surface area contributed by atoms with Crippen molar-refractivity contribution in [3.8, 4) is 0 Å². The molecular weight excluding hydrogens is 260 g/mol. The van der Waals surface area contributed by atoms with Crippen molar-refractivity contribution in [1.82, 2.24) is 4.90 Å². The van der Waals surface area contributed by atoms with E-state index in [9.17, 15) is 4.79 Å². The fourth-order valence-electron chi connectivity index (χ4n) is 3.73. The first-order chi connectivity index (χ1) is 10.2. The van der Waals surface area contributed by atoms with E-state index < -0.39 is 0 Å². The number of para-hydroxylation sites is 1. The van der Waals surface area contributed by atoms with Gasteiger partial charge in [0.05, 0.1) is 5.56 Å². The summed E-state index contributed by atoms with van der Waals surface area (Å²) in [5.41, 5.74) is 1.84. The average molecular weight is 286 g/mol. The normalized spacial score (nSPS) is 23.1. The van der Waals surface area contributed by atoms with Gasteiger partial charge >= 0.3 is 0 Å². The minimum atomic E-state index is 0.176. The number of carbonyl (C=O) groups is 1. The Hall–Kier alpha value is -1.51. The van der Waals surface area contributed by atoms with Gasteiger partial charge in [0.25, 0.3) is 5.91 Å². The van der Waals surface area contributed by atoms with Crippen molar-refractivity contribution in [3.63, 3.8) is 0 Å². The molecule has 1 atom stereocenters. The Morgan fingerprint density at radius 2 is 1.90 bits per heavy atom. The van der Waals surface area contributed by atoms with Gasteiger partial charge in [0.1, 0.15) is 6.17 Å². The van der Waals surface area contributed by atoms with Crippen LogP contribution in [0, 0.1) is 11.8 Å². The van der Waals surface area contributed by atoms with Crippen LogP contribution in [-0.4, -0.2) is 23.5 Å². The van der Waals surface area contributed by atoms with E-state index in [-0.39, 0.29) is 12.1 Å². The molecule has 1 aromatic rings. The van der Waals surface area contributed by atoms with Crippen molar-refractivity contribution in [2.24, 2.45) is 11.8 Å². The smallest absolute Gasteiger partial charge is 0.257 e. The number of hydrogen-bond donors (Lipinski definition) is 1. The summed E-state index contributed by atoms with van der Waals surface area (Å²) >= 11 is 0. The minimum Gasteiger partial charge on any atom is -0.364 e. The fourth-order valence-corrected chi connectivity index (χ4v) is 3.73. The van der Waals surface area contributed by atoms with E-state index >= 15 is 0 Å². The Labute approximate surface area is 127 Å². The molecule has 1 N–H and O–H groups in total. The van der Waals surface area contributed by atoms with E-state index in [0.29, 0.717) is 11.8 Å². The molecule has 1 saturated carbocycles. The van der Waals surface area contributed by atoms with Crippen molar-refractivity contribution < 1.29 is 4.79 Å². The van der Waals surface area contributed by atoms with Crippen molar-refractivity contribution in [1.29, 1.82) is 0 Å². The molecule has 2 aliphatic rings. The minimum absolute atomic E-state index is 0.176. The lowest BCUT2D eigenvalue weighted by Crippen LogP contribution is -2.54. The van der Waals surface area contributed by atoms with E-state index in [1.807, 2.05) is 24.3 Å². The molecule has 21 heavy (non-hydrogen) atoms. The Bertz CT molecular complexity index is 506. The summed E-state index contributed by atoms with van der Waals surface area (Å²) in [5.74, 6) is 1.29. The van der Waals surface area contributed by atoms with Crippen LogP contribution in [0.25, 0.3) is 0 Å². The Morgan fingerprint density at radius 3 is 2.62 bits per heavy atom. The topological polar surface area (TPSA) is 32.3 Å². The number of amides is 1. The van der Waals surface area contributed by atoms with Crippen LogP contribution >= 0.6 is 0 Å². The maximum Gasteiger partial charge on any atom is 0.257 e. The summed E-state index contributed by atoms with van der Waals surface area (Å²) in [4.78, 5) is 15.0. The first-order valence-corrected chi connectivity index (χ1v) is 8.33.